The Balaban J connectivity index is 1.71. The number of halogens is 2. The summed E-state index contributed by atoms with van der Waals surface area (Å²) >= 11 is 6.10. The van der Waals surface area contributed by atoms with Gasteiger partial charge in [-0.25, -0.2) is 4.39 Å². The lowest BCUT2D eigenvalue weighted by Gasteiger charge is -2.02. The van der Waals surface area contributed by atoms with Crippen LogP contribution in [0.1, 0.15) is 21.7 Å². The van der Waals surface area contributed by atoms with Gasteiger partial charge in [0.1, 0.15) is 5.82 Å². The van der Waals surface area contributed by atoms with E-state index in [4.69, 9.17) is 11.6 Å². The van der Waals surface area contributed by atoms with Gasteiger partial charge in [-0.05, 0) is 24.6 Å². The Bertz CT molecular complexity index is 902. The largest absolute Gasteiger partial charge is 0.304 e. The van der Waals surface area contributed by atoms with Crippen LogP contribution >= 0.6 is 11.6 Å². The van der Waals surface area contributed by atoms with Crippen molar-refractivity contribution in [2.45, 2.75) is 13.5 Å². The van der Waals surface area contributed by atoms with E-state index in [2.05, 4.69) is 15.5 Å². The molecule has 0 saturated carbocycles. The average molecular weight is 348 g/mol. The molecule has 0 aliphatic heterocycles. The zero-order valence-electron chi connectivity index (χ0n) is 13.1. The monoisotopic (exact) mass is 347 g/mol. The lowest BCUT2D eigenvalue weighted by atomic mass is 10.2. The highest BCUT2D eigenvalue weighted by atomic mass is 35.5. The van der Waals surface area contributed by atoms with Gasteiger partial charge in [0.05, 0.1) is 17.3 Å². The maximum Gasteiger partial charge on any atom is 0.278 e. The third-order valence-electron chi connectivity index (χ3n) is 3.59. The molecule has 124 valence electrons. The number of hydrogen-bond donors (Lipinski definition) is 1. The zero-order chi connectivity index (χ0) is 17.3. The average Bonchev–Trinajstić information content (AvgIpc) is 3.07. The molecule has 0 aliphatic carbocycles. The second-order valence-electron chi connectivity index (χ2n) is 5.35. The number of hydrogen-bond acceptors (Lipinski definition) is 3. The van der Waals surface area contributed by atoms with Crippen molar-refractivity contribution in [2.75, 3.05) is 5.32 Å². The van der Waals surface area contributed by atoms with E-state index in [-0.39, 0.29) is 11.5 Å². The van der Waals surface area contributed by atoms with Crippen LogP contribution in [0.2, 0.25) is 5.02 Å². The van der Waals surface area contributed by atoms with Crippen LogP contribution in [-0.4, -0.2) is 25.5 Å². The van der Waals surface area contributed by atoms with Crippen molar-refractivity contribution in [2.24, 2.45) is 7.05 Å². The first kappa shape index (κ1) is 16.2. The number of carbonyl (C=O) groups is 1. The molecule has 3 rings (SSSR count). The summed E-state index contributed by atoms with van der Waals surface area (Å²) in [5.41, 5.74) is 1.63. The maximum atomic E-state index is 13.2. The predicted octanol–water partition coefficient (Wildman–Crippen LogP) is 3.02. The molecule has 0 radical (unpaired) electrons. The lowest BCUT2D eigenvalue weighted by molar-refractivity contribution is 0.102. The van der Waals surface area contributed by atoms with Gasteiger partial charge in [-0.2, -0.15) is 10.2 Å². The van der Waals surface area contributed by atoms with Crippen molar-refractivity contribution in [1.29, 1.82) is 0 Å². The van der Waals surface area contributed by atoms with Crippen LogP contribution in [0.5, 0.6) is 0 Å². The first-order valence-corrected chi connectivity index (χ1v) is 7.60. The summed E-state index contributed by atoms with van der Waals surface area (Å²) in [6.45, 7) is 2.18. The Morgan fingerprint density at radius 3 is 2.79 bits per heavy atom. The third-order valence-corrected chi connectivity index (χ3v) is 4.04. The highest BCUT2D eigenvalue weighted by Crippen LogP contribution is 2.20. The van der Waals surface area contributed by atoms with E-state index >= 15 is 0 Å². The van der Waals surface area contributed by atoms with Gasteiger partial charge >= 0.3 is 0 Å². The summed E-state index contributed by atoms with van der Waals surface area (Å²) in [5, 5.41) is 11.3. The number of aromatic nitrogens is 4. The molecule has 0 spiro atoms. The lowest BCUT2D eigenvalue weighted by Crippen LogP contribution is -2.14. The smallest absolute Gasteiger partial charge is 0.278 e. The van der Waals surface area contributed by atoms with Gasteiger partial charge in [0.15, 0.2) is 11.5 Å². The second kappa shape index (κ2) is 6.45. The van der Waals surface area contributed by atoms with E-state index in [9.17, 15) is 9.18 Å². The first-order chi connectivity index (χ1) is 11.4. The summed E-state index contributed by atoms with van der Waals surface area (Å²) in [5.74, 6) is -0.358. The third kappa shape index (κ3) is 3.30. The van der Waals surface area contributed by atoms with E-state index in [1.54, 1.807) is 47.7 Å². The van der Waals surface area contributed by atoms with Gasteiger partial charge in [0, 0.05) is 19.3 Å². The normalized spacial score (nSPS) is 10.8. The molecule has 2 aromatic heterocycles. The molecule has 1 amide bonds. The van der Waals surface area contributed by atoms with Gasteiger partial charge in [-0.3, -0.25) is 14.2 Å². The summed E-state index contributed by atoms with van der Waals surface area (Å²) in [6.07, 6.45) is 1.70. The fourth-order valence-corrected chi connectivity index (χ4v) is 2.49. The van der Waals surface area contributed by atoms with Gasteiger partial charge in [-0.15, -0.1) is 0 Å². The van der Waals surface area contributed by atoms with Crippen molar-refractivity contribution in [3.63, 3.8) is 0 Å². The highest BCUT2D eigenvalue weighted by Gasteiger charge is 2.18. The number of aryl methyl sites for hydroxylation is 1. The van der Waals surface area contributed by atoms with Crippen LogP contribution in [0, 0.1) is 12.7 Å². The molecule has 0 atom stereocenters. The molecule has 0 bridgehead atoms. The van der Waals surface area contributed by atoms with E-state index in [1.165, 1.54) is 12.1 Å². The van der Waals surface area contributed by atoms with Gasteiger partial charge in [0.2, 0.25) is 0 Å². The summed E-state index contributed by atoms with van der Waals surface area (Å²) in [7, 11) is 1.71. The molecule has 0 fully saturated rings. The minimum Gasteiger partial charge on any atom is -0.304 e. The Kier molecular flexibility index (Phi) is 4.35. The minimum atomic E-state index is -0.431. The molecule has 6 nitrogen and oxygen atoms in total. The molecule has 1 aromatic carbocycles. The Morgan fingerprint density at radius 2 is 2.12 bits per heavy atom. The van der Waals surface area contributed by atoms with E-state index < -0.39 is 5.91 Å². The van der Waals surface area contributed by atoms with Crippen molar-refractivity contribution >= 4 is 23.3 Å². The highest BCUT2D eigenvalue weighted by molar-refractivity contribution is 6.34. The molecule has 0 unspecified atom stereocenters. The molecule has 0 saturated heterocycles. The standard InChI is InChI=1S/C16H15ClFN5O/c1-10-14(17)15(21-22(10)2)16(24)19-13-6-7-23(20-13)9-11-4-3-5-12(18)8-11/h3-8H,9H2,1-2H3,(H,19,20,24). The van der Waals surface area contributed by atoms with Gasteiger partial charge in [0.25, 0.3) is 5.91 Å². The molecule has 1 N–H and O–H groups in total. The van der Waals surface area contributed by atoms with Crippen LogP contribution in [0.3, 0.4) is 0 Å². The van der Waals surface area contributed by atoms with Gasteiger partial charge < -0.3 is 5.32 Å². The summed E-state index contributed by atoms with van der Waals surface area (Å²) in [4.78, 5) is 12.2. The SMILES string of the molecule is Cc1c(Cl)c(C(=O)Nc2ccn(Cc3cccc(F)c3)n2)nn1C. The number of rotatable bonds is 4. The van der Waals surface area contributed by atoms with Crippen LogP contribution in [0.25, 0.3) is 0 Å². The van der Waals surface area contributed by atoms with E-state index in [0.717, 1.165) is 5.56 Å². The molecule has 8 heteroatoms. The Labute approximate surface area is 142 Å². The predicted molar refractivity (Wildman–Crippen MR) is 88.6 cm³/mol. The Morgan fingerprint density at radius 1 is 1.33 bits per heavy atom. The molecular formula is C16H15ClFN5O. The zero-order valence-corrected chi connectivity index (χ0v) is 13.9. The van der Waals surface area contributed by atoms with Crippen LogP contribution < -0.4 is 5.32 Å². The van der Waals surface area contributed by atoms with Crippen molar-refractivity contribution in [3.8, 4) is 0 Å². The minimum absolute atomic E-state index is 0.149. The fourth-order valence-electron chi connectivity index (χ4n) is 2.24. The summed E-state index contributed by atoms with van der Waals surface area (Å²) < 4.78 is 16.3. The number of carbonyl (C=O) groups excluding carboxylic acids is 1. The number of nitrogens with zero attached hydrogens (tertiary/aromatic N) is 4. The molecule has 2 heterocycles. The first-order valence-electron chi connectivity index (χ1n) is 7.22. The van der Waals surface area contributed by atoms with Crippen LogP contribution in [0.15, 0.2) is 36.5 Å². The molecule has 24 heavy (non-hydrogen) atoms. The Hall–Kier alpha value is -2.67. The van der Waals surface area contributed by atoms with Crippen molar-refractivity contribution in [1.82, 2.24) is 19.6 Å². The number of amides is 1. The quantitative estimate of drug-likeness (QED) is 0.789. The molecule has 0 aliphatic rings. The molecule has 3 aromatic rings. The second-order valence-corrected chi connectivity index (χ2v) is 5.73. The maximum absolute atomic E-state index is 13.2. The van der Waals surface area contributed by atoms with Gasteiger partial charge in [-0.1, -0.05) is 23.7 Å². The van der Waals surface area contributed by atoms with Crippen molar-refractivity contribution in [3.05, 3.63) is 64.3 Å². The van der Waals surface area contributed by atoms with Crippen LogP contribution in [0.4, 0.5) is 10.2 Å². The number of anilines is 1. The van der Waals surface area contributed by atoms with Crippen molar-refractivity contribution < 1.29 is 9.18 Å². The number of benzene rings is 1. The van der Waals surface area contributed by atoms with E-state index in [0.29, 0.717) is 23.1 Å². The summed E-state index contributed by atoms with van der Waals surface area (Å²) in [6, 6.07) is 7.93. The topological polar surface area (TPSA) is 64.7 Å². The fraction of sp³-hybridized carbons (Fsp3) is 0.188. The van der Waals surface area contributed by atoms with E-state index in [1.807, 2.05) is 0 Å². The molecular weight excluding hydrogens is 333 g/mol. The van der Waals surface area contributed by atoms with Crippen LogP contribution in [-0.2, 0) is 13.6 Å². The number of nitrogens with one attached hydrogen (secondary N) is 1.